The van der Waals surface area contributed by atoms with E-state index >= 15 is 4.39 Å². The number of nitrogens with zero attached hydrogens (tertiary/aromatic N) is 9. The van der Waals surface area contributed by atoms with Crippen molar-refractivity contribution in [3.8, 4) is 0 Å². The van der Waals surface area contributed by atoms with Crippen LogP contribution in [0.4, 0.5) is 4.39 Å². The van der Waals surface area contributed by atoms with Crippen LogP contribution in [-0.4, -0.2) is 204 Å². The van der Waals surface area contributed by atoms with Gasteiger partial charge in [-0.25, -0.2) is 14.4 Å². The number of nitrogens with two attached hydrogens (primary N) is 1. The topological polar surface area (TPSA) is 205 Å². The van der Waals surface area contributed by atoms with E-state index in [0.29, 0.717) is 101 Å². The first-order chi connectivity index (χ1) is 36.4. The number of ether oxygens (including phenoxy) is 1. The van der Waals surface area contributed by atoms with Crippen LogP contribution in [0.25, 0.3) is 0 Å². The van der Waals surface area contributed by atoms with Gasteiger partial charge in [-0.05, 0) is 86.1 Å². The quantitative estimate of drug-likeness (QED) is 0.0911. The number of aromatic nitrogens is 2. The molecule has 9 rings (SSSR count). The maximum Gasteiger partial charge on any atom is 0.256 e. The number of benzene rings is 3. The Morgan fingerprint density at radius 2 is 1.47 bits per heavy atom. The second-order valence-corrected chi connectivity index (χ2v) is 20.7. The monoisotopic (exact) mass is 1030 g/mol. The van der Waals surface area contributed by atoms with Gasteiger partial charge in [0.1, 0.15) is 12.1 Å². The van der Waals surface area contributed by atoms with Crippen LogP contribution >= 0.6 is 0 Å². The lowest BCUT2D eigenvalue weighted by Gasteiger charge is -2.40. The Labute approximate surface area is 441 Å². The van der Waals surface area contributed by atoms with E-state index in [1.54, 1.807) is 40.4 Å². The average Bonchev–Trinajstić information content (AvgIpc) is 3.85. The zero-order chi connectivity index (χ0) is 52.3. The third-order valence-electron chi connectivity index (χ3n) is 15.6. The number of halogens is 1. The van der Waals surface area contributed by atoms with Gasteiger partial charge in [0.15, 0.2) is 0 Å². The Bertz CT molecular complexity index is 2670. The minimum Gasteiger partial charge on any atom is -0.378 e. The standard InChI is InChI=1S/C56H71FN12O6.2H2/c57-49-11-10-41(30-50(58)46-8-1-2-9-47(46)54(59)72)29-48(49)56(74)68-24-22-67(23-25-68)52(70)37-65-20-18-64(19-21-65)33-40-12-16-63(17-13-40)26-28-75-27-14-61-55(73)43-6-3-5-42(31-43)44-7-4-15-69(35-44)53(71)38-66-34-45-32-60-39-62-51(45)36-66;;/h1-3,5-6,8-11,29,31-32,39-40,44,58H,4,7,12-28,30,33-38H2,(H2,59,72)(H,61,73);2*1H/t44-;;/m0../s1. The predicted octanol–water partition coefficient (Wildman–Crippen LogP) is 3.60. The number of amides is 5. The van der Waals surface area contributed by atoms with Crippen molar-refractivity contribution in [2.75, 3.05) is 124 Å². The Morgan fingerprint density at radius 1 is 0.733 bits per heavy atom. The molecule has 6 heterocycles. The van der Waals surface area contributed by atoms with Crippen LogP contribution in [0, 0.1) is 17.1 Å². The van der Waals surface area contributed by atoms with E-state index in [-0.39, 0.29) is 49.8 Å². The van der Waals surface area contributed by atoms with Crippen LogP contribution in [0.2, 0.25) is 0 Å². The van der Waals surface area contributed by atoms with Crippen molar-refractivity contribution in [3.63, 3.8) is 0 Å². The first-order valence-electron chi connectivity index (χ1n) is 26.7. The zero-order valence-electron chi connectivity index (χ0n) is 43.0. The minimum absolute atomic E-state index is 0. The molecule has 5 aliphatic heterocycles. The van der Waals surface area contributed by atoms with Crippen molar-refractivity contribution in [2.24, 2.45) is 11.7 Å². The molecule has 5 amide bonds. The number of hydrogen-bond acceptors (Lipinski definition) is 13. The molecule has 0 spiro atoms. The van der Waals surface area contributed by atoms with E-state index in [0.717, 1.165) is 101 Å². The molecular formula is C56H75FN12O6. The van der Waals surface area contributed by atoms with Crippen LogP contribution in [-0.2, 0) is 33.8 Å². The minimum atomic E-state index is -0.648. The van der Waals surface area contributed by atoms with Gasteiger partial charge in [-0.3, -0.25) is 33.8 Å². The summed E-state index contributed by atoms with van der Waals surface area (Å²) in [5.74, 6) is -0.876. The second kappa shape index (κ2) is 25.3. The van der Waals surface area contributed by atoms with Gasteiger partial charge in [-0.1, -0.05) is 36.4 Å². The molecule has 5 aliphatic rings. The third-order valence-corrected chi connectivity index (χ3v) is 15.6. The van der Waals surface area contributed by atoms with Crippen LogP contribution in [0.1, 0.15) is 93.5 Å². The molecule has 4 N–H and O–H groups in total. The summed E-state index contributed by atoms with van der Waals surface area (Å²) in [5.41, 5.74) is 10.5. The van der Waals surface area contributed by atoms with Gasteiger partial charge in [-0.2, -0.15) is 0 Å². The summed E-state index contributed by atoms with van der Waals surface area (Å²) in [7, 11) is 0. The summed E-state index contributed by atoms with van der Waals surface area (Å²) in [6, 6.07) is 18.6. The first kappa shape index (κ1) is 53.3. The molecule has 19 heteroatoms. The molecule has 4 aromatic rings. The molecule has 1 atom stereocenters. The highest BCUT2D eigenvalue weighted by molar-refractivity contribution is 6.09. The highest BCUT2D eigenvalue weighted by Gasteiger charge is 2.31. The van der Waals surface area contributed by atoms with Gasteiger partial charge in [0.05, 0.1) is 37.6 Å². The fourth-order valence-electron chi connectivity index (χ4n) is 11.2. The van der Waals surface area contributed by atoms with E-state index in [9.17, 15) is 24.0 Å². The summed E-state index contributed by atoms with van der Waals surface area (Å²) in [5, 5.41) is 11.6. The number of carbonyl (C=O) groups excluding carboxylic acids is 5. The molecule has 0 radical (unpaired) electrons. The number of nitrogens with one attached hydrogen (secondary N) is 2. The molecule has 0 unspecified atom stereocenters. The largest absolute Gasteiger partial charge is 0.378 e. The molecule has 75 heavy (non-hydrogen) atoms. The molecule has 4 saturated heterocycles. The summed E-state index contributed by atoms with van der Waals surface area (Å²) in [6.07, 6.45) is 7.66. The van der Waals surface area contributed by atoms with E-state index < -0.39 is 17.6 Å². The van der Waals surface area contributed by atoms with Gasteiger partial charge >= 0.3 is 0 Å². The molecule has 0 aliphatic carbocycles. The smallest absolute Gasteiger partial charge is 0.256 e. The summed E-state index contributed by atoms with van der Waals surface area (Å²) in [6.45, 7) is 13.8. The number of piperidine rings is 2. The molecule has 18 nitrogen and oxygen atoms in total. The molecule has 402 valence electrons. The zero-order valence-corrected chi connectivity index (χ0v) is 43.0. The number of likely N-dealkylation sites (tertiary alicyclic amines) is 2. The fourth-order valence-corrected chi connectivity index (χ4v) is 11.2. The van der Waals surface area contributed by atoms with E-state index in [1.807, 2.05) is 29.3 Å². The van der Waals surface area contributed by atoms with Crippen molar-refractivity contribution in [2.45, 2.75) is 51.1 Å². The first-order valence-corrected chi connectivity index (χ1v) is 26.7. The highest BCUT2D eigenvalue weighted by Crippen LogP contribution is 2.29. The van der Waals surface area contributed by atoms with Gasteiger partial charge < -0.3 is 45.7 Å². The van der Waals surface area contributed by atoms with Gasteiger partial charge in [-0.15, -0.1) is 0 Å². The molecule has 1 aromatic heterocycles. The number of piperazine rings is 2. The highest BCUT2D eigenvalue weighted by atomic mass is 19.1. The summed E-state index contributed by atoms with van der Waals surface area (Å²) >= 11 is 0. The Hall–Kier alpha value is -6.51. The van der Waals surface area contributed by atoms with Crippen molar-refractivity contribution in [1.82, 2.24) is 49.6 Å². The lowest BCUT2D eigenvalue weighted by atomic mass is 9.89. The van der Waals surface area contributed by atoms with Gasteiger partial charge in [0.25, 0.3) is 11.8 Å². The van der Waals surface area contributed by atoms with E-state index in [4.69, 9.17) is 15.9 Å². The van der Waals surface area contributed by atoms with E-state index in [1.165, 1.54) is 18.2 Å². The molecular weight excluding hydrogens is 956 g/mol. The van der Waals surface area contributed by atoms with Crippen molar-refractivity contribution in [3.05, 3.63) is 130 Å². The predicted molar refractivity (Wildman–Crippen MR) is 285 cm³/mol. The van der Waals surface area contributed by atoms with Crippen molar-refractivity contribution < 1.29 is 36.0 Å². The fraction of sp³-hybridized carbons (Fsp3) is 0.500. The summed E-state index contributed by atoms with van der Waals surface area (Å²) < 4.78 is 21.0. The number of primary amides is 1. The molecule has 3 aromatic carbocycles. The number of rotatable bonds is 19. The lowest BCUT2D eigenvalue weighted by molar-refractivity contribution is -0.134. The molecule has 4 fully saturated rings. The number of hydrogen-bond donors (Lipinski definition) is 3. The van der Waals surface area contributed by atoms with Gasteiger partial charge in [0.2, 0.25) is 17.7 Å². The van der Waals surface area contributed by atoms with E-state index in [2.05, 4.69) is 41.0 Å². The van der Waals surface area contributed by atoms with Crippen LogP contribution in [0.3, 0.4) is 0 Å². The van der Waals surface area contributed by atoms with Gasteiger partial charge in [0, 0.05) is 148 Å². The normalized spacial score (nSPS) is 19.2. The molecule has 0 saturated carbocycles. The van der Waals surface area contributed by atoms with Crippen LogP contribution in [0.15, 0.2) is 79.3 Å². The van der Waals surface area contributed by atoms with Crippen LogP contribution < -0.4 is 11.1 Å². The maximum absolute atomic E-state index is 15.0. The molecule has 0 bridgehead atoms. The Balaban J connectivity index is 0.00000431. The van der Waals surface area contributed by atoms with Crippen molar-refractivity contribution in [1.29, 1.82) is 5.41 Å². The SMILES string of the molecule is N=C(Cc1ccc(F)c(C(=O)N2CCN(C(=O)CN3CCN(CC4CCN(CCOCCNC(=O)c5cccc([C@H]6CCCN(C(=O)CN7Cc8cncnc8C7)C6)c5)CC4)CC3)CC2)c1)c1ccccc1C(N)=O.[HH].[HH]. The maximum atomic E-state index is 15.0. The van der Waals surface area contributed by atoms with Crippen LogP contribution in [0.5, 0.6) is 0 Å². The second-order valence-electron chi connectivity index (χ2n) is 20.7. The number of carbonyl (C=O) groups is 5. The Morgan fingerprint density at radius 3 is 2.24 bits per heavy atom. The lowest BCUT2D eigenvalue weighted by Crippen LogP contribution is -2.55. The Kier molecular flexibility index (Phi) is 18.0. The average molecular weight is 1030 g/mol. The number of fused-ring (bicyclic) bond motifs is 1. The third kappa shape index (κ3) is 14.1. The summed E-state index contributed by atoms with van der Waals surface area (Å²) in [4.78, 5) is 88.4. The van der Waals surface area contributed by atoms with Crippen molar-refractivity contribution >= 4 is 35.2 Å².